The van der Waals surface area contributed by atoms with Gasteiger partial charge >= 0.3 is 0 Å². The summed E-state index contributed by atoms with van der Waals surface area (Å²) >= 11 is 0. The number of piperazine rings is 1. The Morgan fingerprint density at radius 2 is 1.87 bits per heavy atom. The Bertz CT molecular complexity index is 922. The summed E-state index contributed by atoms with van der Waals surface area (Å²) in [6.45, 7) is 9.73. The van der Waals surface area contributed by atoms with Crippen LogP contribution in [0.15, 0.2) is 24.3 Å². The van der Waals surface area contributed by atoms with Crippen LogP contribution in [0.2, 0.25) is 0 Å². The molecule has 6 nitrogen and oxygen atoms in total. The van der Waals surface area contributed by atoms with Crippen LogP contribution in [0, 0.1) is 5.82 Å². The fourth-order valence-electron chi connectivity index (χ4n) is 4.09. The molecule has 1 aliphatic heterocycles. The Labute approximate surface area is 177 Å². The number of aromatic nitrogens is 2. The lowest BCUT2D eigenvalue weighted by Gasteiger charge is -2.34. The van der Waals surface area contributed by atoms with E-state index in [0.29, 0.717) is 37.0 Å². The molecule has 1 aliphatic carbocycles. The molecule has 4 rings (SSSR count). The van der Waals surface area contributed by atoms with E-state index in [1.165, 1.54) is 30.7 Å². The number of nitrogens with zero attached hydrogens (tertiary/aromatic N) is 4. The molecule has 1 aromatic carbocycles. The van der Waals surface area contributed by atoms with Crippen LogP contribution in [0.1, 0.15) is 61.3 Å². The fraction of sp³-hybridized carbons (Fsp3) is 0.565. The van der Waals surface area contributed by atoms with E-state index in [-0.39, 0.29) is 17.3 Å². The first-order valence-corrected chi connectivity index (χ1v) is 10.7. The maximum atomic E-state index is 13.6. The summed E-state index contributed by atoms with van der Waals surface area (Å²) in [6, 6.07) is 6.59. The van der Waals surface area contributed by atoms with Gasteiger partial charge in [-0.05, 0) is 57.9 Å². The predicted molar refractivity (Wildman–Crippen MR) is 113 cm³/mol. The zero-order valence-corrected chi connectivity index (χ0v) is 18.3. The number of amides is 1. The van der Waals surface area contributed by atoms with Crippen molar-refractivity contribution in [1.29, 1.82) is 0 Å². The maximum absolute atomic E-state index is 13.6. The van der Waals surface area contributed by atoms with Crippen LogP contribution < -0.4 is 4.74 Å². The molecule has 162 valence electrons. The van der Waals surface area contributed by atoms with Gasteiger partial charge in [0, 0.05) is 49.9 Å². The van der Waals surface area contributed by atoms with Gasteiger partial charge in [0.1, 0.15) is 11.6 Å². The van der Waals surface area contributed by atoms with Gasteiger partial charge in [0.2, 0.25) is 0 Å². The van der Waals surface area contributed by atoms with Crippen molar-refractivity contribution >= 4 is 5.91 Å². The average Bonchev–Trinajstić information content (AvgIpc) is 3.45. The number of carbonyl (C=O) groups is 1. The number of benzene rings is 1. The molecule has 2 heterocycles. The number of hydrogen-bond donors (Lipinski definition) is 0. The second kappa shape index (κ2) is 8.02. The normalized spacial score (nSPS) is 18.0. The highest BCUT2D eigenvalue weighted by Crippen LogP contribution is 2.41. The second-order valence-corrected chi connectivity index (χ2v) is 9.34. The molecular weight excluding hydrogens is 383 g/mol. The molecule has 0 radical (unpaired) electrons. The monoisotopic (exact) mass is 414 g/mol. The summed E-state index contributed by atoms with van der Waals surface area (Å²) in [5, 5.41) is 4.69. The van der Waals surface area contributed by atoms with Crippen LogP contribution in [0.4, 0.5) is 4.39 Å². The summed E-state index contributed by atoms with van der Waals surface area (Å²) in [6.07, 6.45) is 2.36. The maximum Gasteiger partial charge on any atom is 0.274 e. The summed E-state index contributed by atoms with van der Waals surface area (Å²) in [7, 11) is 1.60. The minimum atomic E-state index is -0.263. The van der Waals surface area contributed by atoms with Crippen LogP contribution in [0.25, 0.3) is 0 Å². The highest BCUT2D eigenvalue weighted by molar-refractivity contribution is 5.92. The summed E-state index contributed by atoms with van der Waals surface area (Å²) in [5.74, 6) is 0.968. The van der Waals surface area contributed by atoms with Gasteiger partial charge in [-0.1, -0.05) is 0 Å². The van der Waals surface area contributed by atoms with Crippen LogP contribution in [0.3, 0.4) is 0 Å². The van der Waals surface area contributed by atoms with E-state index in [0.717, 1.165) is 18.7 Å². The lowest BCUT2D eigenvalue weighted by molar-refractivity contribution is 0.0620. The highest BCUT2D eigenvalue weighted by Gasteiger charge is 2.34. The fourth-order valence-corrected chi connectivity index (χ4v) is 4.09. The van der Waals surface area contributed by atoms with Gasteiger partial charge in [0.25, 0.3) is 5.91 Å². The number of methoxy groups -OCH3 is 1. The number of rotatable bonds is 5. The van der Waals surface area contributed by atoms with Crippen molar-refractivity contribution in [1.82, 2.24) is 19.6 Å². The Morgan fingerprint density at radius 3 is 2.47 bits per heavy atom. The van der Waals surface area contributed by atoms with E-state index in [1.54, 1.807) is 13.2 Å². The molecule has 1 amide bonds. The Balaban J connectivity index is 1.41. The summed E-state index contributed by atoms with van der Waals surface area (Å²) < 4.78 is 21.0. The molecule has 0 spiro atoms. The van der Waals surface area contributed by atoms with Crippen molar-refractivity contribution in [2.24, 2.45) is 0 Å². The van der Waals surface area contributed by atoms with E-state index >= 15 is 0 Å². The molecule has 0 bridgehead atoms. The standard InChI is InChI=1S/C23H31FN4O2/c1-23(2,3)28-20(16-5-6-16)14-19(25-28)22(29)27-11-9-26(10-12-27)15-17-13-18(24)7-8-21(17)30-4/h7-8,13-14,16H,5-6,9-12,15H2,1-4H3. The lowest BCUT2D eigenvalue weighted by Crippen LogP contribution is -2.48. The molecule has 2 aliphatic rings. The molecule has 7 heteroatoms. The first-order valence-electron chi connectivity index (χ1n) is 10.7. The SMILES string of the molecule is COc1ccc(F)cc1CN1CCN(C(=O)c2cc(C3CC3)n(C(C)(C)C)n2)CC1. The average molecular weight is 415 g/mol. The third-order valence-electron chi connectivity index (χ3n) is 5.88. The minimum absolute atomic E-state index is 0.00267. The van der Waals surface area contributed by atoms with Crippen molar-refractivity contribution in [3.8, 4) is 5.75 Å². The van der Waals surface area contributed by atoms with Gasteiger partial charge in [0.15, 0.2) is 5.69 Å². The quantitative estimate of drug-likeness (QED) is 0.750. The highest BCUT2D eigenvalue weighted by atomic mass is 19.1. The number of ether oxygens (including phenoxy) is 1. The van der Waals surface area contributed by atoms with Crippen molar-refractivity contribution in [2.75, 3.05) is 33.3 Å². The van der Waals surface area contributed by atoms with E-state index in [2.05, 4.69) is 25.7 Å². The molecule has 1 aromatic heterocycles. The number of carbonyl (C=O) groups excluding carboxylic acids is 1. The molecule has 0 atom stereocenters. The second-order valence-electron chi connectivity index (χ2n) is 9.34. The van der Waals surface area contributed by atoms with Crippen LogP contribution >= 0.6 is 0 Å². The van der Waals surface area contributed by atoms with Crippen LogP contribution in [-0.2, 0) is 12.1 Å². The summed E-state index contributed by atoms with van der Waals surface area (Å²) in [4.78, 5) is 17.2. The van der Waals surface area contributed by atoms with Gasteiger partial charge in [0.05, 0.1) is 12.6 Å². The molecule has 30 heavy (non-hydrogen) atoms. The third-order valence-corrected chi connectivity index (χ3v) is 5.88. The van der Waals surface area contributed by atoms with Crippen molar-refractivity contribution < 1.29 is 13.9 Å². The lowest BCUT2D eigenvalue weighted by atomic mass is 10.1. The zero-order chi connectivity index (χ0) is 21.5. The molecule has 0 unspecified atom stereocenters. The number of hydrogen-bond acceptors (Lipinski definition) is 4. The van der Waals surface area contributed by atoms with Crippen molar-refractivity contribution in [3.63, 3.8) is 0 Å². The number of halogens is 1. The van der Waals surface area contributed by atoms with Gasteiger partial charge in [-0.15, -0.1) is 0 Å². The molecule has 0 N–H and O–H groups in total. The molecule has 2 fully saturated rings. The summed E-state index contributed by atoms with van der Waals surface area (Å²) in [5.41, 5.74) is 2.42. The van der Waals surface area contributed by atoms with Crippen molar-refractivity contribution in [3.05, 3.63) is 47.0 Å². The molecule has 1 saturated heterocycles. The van der Waals surface area contributed by atoms with Crippen LogP contribution in [0.5, 0.6) is 5.75 Å². The van der Waals surface area contributed by atoms with E-state index in [9.17, 15) is 9.18 Å². The Kier molecular flexibility index (Phi) is 5.57. The molecular formula is C23H31FN4O2. The van der Waals surface area contributed by atoms with Crippen LogP contribution in [-0.4, -0.2) is 58.8 Å². The van der Waals surface area contributed by atoms with E-state index < -0.39 is 0 Å². The molecule has 1 saturated carbocycles. The predicted octanol–water partition coefficient (Wildman–Crippen LogP) is 3.62. The van der Waals surface area contributed by atoms with Gasteiger partial charge in [-0.25, -0.2) is 4.39 Å². The Hall–Kier alpha value is -2.41. The largest absolute Gasteiger partial charge is 0.496 e. The Morgan fingerprint density at radius 1 is 1.17 bits per heavy atom. The first kappa shape index (κ1) is 20.8. The first-order chi connectivity index (χ1) is 14.3. The van der Waals surface area contributed by atoms with Crippen molar-refractivity contribution in [2.45, 2.75) is 51.6 Å². The van der Waals surface area contributed by atoms with Gasteiger partial charge in [-0.3, -0.25) is 14.4 Å². The van der Waals surface area contributed by atoms with Gasteiger partial charge < -0.3 is 9.64 Å². The van der Waals surface area contributed by atoms with E-state index in [4.69, 9.17) is 9.84 Å². The third kappa shape index (κ3) is 4.36. The van der Waals surface area contributed by atoms with E-state index in [1.807, 2.05) is 15.6 Å². The minimum Gasteiger partial charge on any atom is -0.496 e. The van der Waals surface area contributed by atoms with Gasteiger partial charge in [-0.2, -0.15) is 5.10 Å². The molecule has 2 aromatic rings. The zero-order valence-electron chi connectivity index (χ0n) is 18.3. The topological polar surface area (TPSA) is 50.6 Å². The smallest absolute Gasteiger partial charge is 0.274 e.